The Morgan fingerprint density at radius 2 is 2.10 bits per heavy atom. The molecule has 1 aromatic carbocycles. The van der Waals surface area contributed by atoms with Crippen LogP contribution in [0.25, 0.3) is 11.1 Å². The van der Waals surface area contributed by atoms with Gasteiger partial charge in [-0.05, 0) is 18.2 Å². The number of hydrogen-bond acceptors (Lipinski definition) is 5. The normalized spacial score (nSPS) is 11.7. The molecule has 1 amide bonds. The average Bonchev–Trinajstić information content (AvgIpc) is 2.72. The van der Waals surface area contributed by atoms with Crippen LogP contribution in [0.2, 0.25) is 0 Å². The van der Waals surface area contributed by atoms with Gasteiger partial charge in [0.25, 0.3) is 5.91 Å². The molecule has 2 aromatic rings. The zero-order chi connectivity index (χ0) is 14.8. The lowest BCUT2D eigenvalue weighted by Crippen LogP contribution is -2.34. The van der Waals surface area contributed by atoms with Crippen molar-refractivity contribution in [2.24, 2.45) is 0 Å². The molecule has 108 valence electrons. The Morgan fingerprint density at radius 1 is 1.35 bits per heavy atom. The first-order valence-electron chi connectivity index (χ1n) is 5.95. The first kappa shape index (κ1) is 14.5. The van der Waals surface area contributed by atoms with Crippen LogP contribution in [0.5, 0.6) is 0 Å². The average molecular weight is 297 g/mol. The number of oxazole rings is 1. The zero-order valence-corrected chi connectivity index (χ0v) is 12.0. The summed E-state index contributed by atoms with van der Waals surface area (Å²) in [6.45, 7) is 2.09. The van der Waals surface area contributed by atoms with Crippen LogP contribution in [-0.4, -0.2) is 38.7 Å². The molecule has 0 atom stereocenters. The first-order chi connectivity index (χ1) is 9.35. The predicted octanol–water partition coefficient (Wildman–Crippen LogP) is 0.415. The quantitative estimate of drug-likeness (QED) is 0.779. The lowest BCUT2D eigenvalue weighted by atomic mass is 10.2. The highest BCUT2D eigenvalue weighted by Crippen LogP contribution is 2.16. The third-order valence-corrected chi connectivity index (χ3v) is 3.26. The van der Waals surface area contributed by atoms with Gasteiger partial charge in [0.05, 0.1) is 6.26 Å². The van der Waals surface area contributed by atoms with Crippen LogP contribution >= 0.6 is 0 Å². The fourth-order valence-electron chi connectivity index (χ4n) is 1.70. The summed E-state index contributed by atoms with van der Waals surface area (Å²) in [6, 6.07) is 4.95. The third-order valence-electron chi connectivity index (χ3n) is 2.53. The van der Waals surface area contributed by atoms with Gasteiger partial charge in [-0.15, -0.1) is 0 Å². The Hall–Kier alpha value is -1.93. The van der Waals surface area contributed by atoms with E-state index in [4.69, 9.17) is 4.42 Å². The summed E-state index contributed by atoms with van der Waals surface area (Å²) in [5.74, 6) is 0.242. The van der Waals surface area contributed by atoms with E-state index in [1.54, 1.807) is 25.1 Å². The van der Waals surface area contributed by atoms with Crippen LogP contribution in [0.4, 0.5) is 0 Å². The van der Waals surface area contributed by atoms with E-state index in [9.17, 15) is 13.2 Å². The summed E-state index contributed by atoms with van der Waals surface area (Å²) in [4.78, 5) is 16.0. The van der Waals surface area contributed by atoms with Crippen molar-refractivity contribution in [2.75, 3.05) is 19.3 Å². The predicted molar refractivity (Wildman–Crippen MR) is 73.9 cm³/mol. The van der Waals surface area contributed by atoms with E-state index in [2.05, 4.69) is 15.0 Å². The molecule has 8 heteroatoms. The minimum Gasteiger partial charge on any atom is -0.441 e. The van der Waals surface area contributed by atoms with E-state index < -0.39 is 10.0 Å². The second-order valence-electron chi connectivity index (χ2n) is 4.34. The second kappa shape index (κ2) is 5.59. The van der Waals surface area contributed by atoms with E-state index in [0.29, 0.717) is 22.6 Å². The molecule has 0 aliphatic rings. The van der Waals surface area contributed by atoms with Crippen molar-refractivity contribution in [1.29, 1.82) is 0 Å². The van der Waals surface area contributed by atoms with Gasteiger partial charge in [-0.2, -0.15) is 0 Å². The van der Waals surface area contributed by atoms with Crippen LogP contribution < -0.4 is 10.0 Å². The van der Waals surface area contributed by atoms with Gasteiger partial charge in [-0.25, -0.2) is 18.1 Å². The van der Waals surface area contributed by atoms with Gasteiger partial charge in [-0.3, -0.25) is 4.79 Å². The van der Waals surface area contributed by atoms with Crippen molar-refractivity contribution in [3.05, 3.63) is 29.7 Å². The smallest absolute Gasteiger partial charge is 0.251 e. The zero-order valence-electron chi connectivity index (χ0n) is 11.1. The number of nitrogens with one attached hydrogen (secondary N) is 2. The van der Waals surface area contributed by atoms with E-state index >= 15 is 0 Å². The molecular formula is C12H15N3O4S. The maximum Gasteiger partial charge on any atom is 0.251 e. The standard InChI is InChI=1S/C12H15N3O4S/c1-8-15-10-4-3-9(7-11(10)19-8)12(16)13-5-6-14-20(2,17)18/h3-4,7,14H,5-6H2,1-2H3,(H,13,16). The Bertz CT molecular complexity index is 736. The van der Waals surface area contributed by atoms with Crippen LogP contribution in [0.1, 0.15) is 16.2 Å². The molecule has 20 heavy (non-hydrogen) atoms. The van der Waals surface area contributed by atoms with Crippen LogP contribution in [0, 0.1) is 6.92 Å². The molecule has 0 unspecified atom stereocenters. The van der Waals surface area contributed by atoms with E-state index in [0.717, 1.165) is 6.26 Å². The van der Waals surface area contributed by atoms with Crippen molar-refractivity contribution in [2.45, 2.75) is 6.92 Å². The molecule has 0 radical (unpaired) electrons. The number of fused-ring (bicyclic) bond motifs is 1. The number of hydrogen-bond donors (Lipinski definition) is 2. The summed E-state index contributed by atoms with van der Waals surface area (Å²) in [5, 5.41) is 2.62. The summed E-state index contributed by atoms with van der Waals surface area (Å²) in [7, 11) is -3.24. The highest BCUT2D eigenvalue weighted by molar-refractivity contribution is 7.88. The maximum absolute atomic E-state index is 11.9. The molecule has 1 heterocycles. The SMILES string of the molecule is Cc1nc2ccc(C(=O)NCCNS(C)(=O)=O)cc2o1. The number of carbonyl (C=O) groups is 1. The number of benzene rings is 1. The molecule has 0 aliphatic heterocycles. The minimum atomic E-state index is -3.24. The van der Waals surface area contributed by atoms with Crippen LogP contribution in [-0.2, 0) is 10.0 Å². The number of amides is 1. The van der Waals surface area contributed by atoms with Gasteiger partial charge in [0.1, 0.15) is 5.52 Å². The molecule has 7 nitrogen and oxygen atoms in total. The van der Waals surface area contributed by atoms with Gasteiger partial charge in [0.2, 0.25) is 10.0 Å². The van der Waals surface area contributed by atoms with Crippen molar-refractivity contribution in [3.63, 3.8) is 0 Å². The lowest BCUT2D eigenvalue weighted by molar-refractivity contribution is 0.0954. The number of aryl methyl sites for hydroxylation is 1. The van der Waals surface area contributed by atoms with Crippen molar-refractivity contribution < 1.29 is 17.6 Å². The molecule has 0 spiro atoms. The number of nitrogens with zero attached hydrogens (tertiary/aromatic N) is 1. The molecule has 1 aromatic heterocycles. The minimum absolute atomic E-state index is 0.147. The Kier molecular flexibility index (Phi) is 4.05. The van der Waals surface area contributed by atoms with Crippen LogP contribution in [0.3, 0.4) is 0 Å². The molecular weight excluding hydrogens is 282 g/mol. The largest absolute Gasteiger partial charge is 0.441 e. The highest BCUT2D eigenvalue weighted by atomic mass is 32.2. The summed E-state index contributed by atoms with van der Waals surface area (Å²) < 4.78 is 29.3. The molecule has 0 saturated heterocycles. The van der Waals surface area contributed by atoms with Gasteiger partial charge in [0.15, 0.2) is 11.5 Å². The Labute approximate surface area is 116 Å². The molecule has 2 rings (SSSR count). The first-order valence-corrected chi connectivity index (χ1v) is 7.84. The molecule has 0 bridgehead atoms. The Morgan fingerprint density at radius 3 is 2.80 bits per heavy atom. The summed E-state index contributed by atoms with van der Waals surface area (Å²) in [6.07, 6.45) is 1.06. The second-order valence-corrected chi connectivity index (χ2v) is 6.17. The maximum atomic E-state index is 11.9. The molecule has 0 saturated carbocycles. The molecule has 0 aliphatic carbocycles. The van der Waals surface area contributed by atoms with Crippen molar-refractivity contribution >= 4 is 27.0 Å². The number of rotatable bonds is 5. The fourth-order valence-corrected chi connectivity index (χ4v) is 2.17. The highest BCUT2D eigenvalue weighted by Gasteiger charge is 2.09. The summed E-state index contributed by atoms with van der Waals surface area (Å²) >= 11 is 0. The van der Waals surface area contributed by atoms with Gasteiger partial charge in [-0.1, -0.05) is 0 Å². The lowest BCUT2D eigenvalue weighted by Gasteiger charge is -2.05. The summed E-state index contributed by atoms with van der Waals surface area (Å²) in [5.41, 5.74) is 1.68. The number of sulfonamides is 1. The van der Waals surface area contributed by atoms with Gasteiger partial charge < -0.3 is 9.73 Å². The number of carbonyl (C=O) groups excluding carboxylic acids is 1. The molecule has 2 N–H and O–H groups in total. The Balaban J connectivity index is 1.97. The fraction of sp³-hybridized carbons (Fsp3) is 0.333. The van der Waals surface area contributed by atoms with E-state index in [-0.39, 0.29) is 19.0 Å². The third kappa shape index (κ3) is 3.78. The van der Waals surface area contributed by atoms with E-state index in [1.807, 2.05) is 0 Å². The van der Waals surface area contributed by atoms with Gasteiger partial charge in [0, 0.05) is 25.6 Å². The van der Waals surface area contributed by atoms with Crippen molar-refractivity contribution in [3.8, 4) is 0 Å². The van der Waals surface area contributed by atoms with Crippen molar-refractivity contribution in [1.82, 2.24) is 15.0 Å². The topological polar surface area (TPSA) is 101 Å². The van der Waals surface area contributed by atoms with E-state index in [1.165, 1.54) is 0 Å². The van der Waals surface area contributed by atoms with Gasteiger partial charge >= 0.3 is 0 Å². The molecule has 0 fully saturated rings. The number of aromatic nitrogens is 1. The monoisotopic (exact) mass is 297 g/mol. The van der Waals surface area contributed by atoms with Crippen LogP contribution in [0.15, 0.2) is 22.6 Å².